The van der Waals surface area contributed by atoms with Crippen molar-refractivity contribution in [1.29, 1.82) is 0 Å². The van der Waals surface area contributed by atoms with Gasteiger partial charge in [-0.1, -0.05) is 0 Å². The number of nitrogens with one attached hydrogen (secondary N) is 1. The van der Waals surface area contributed by atoms with Gasteiger partial charge < -0.3 is 9.88 Å². The summed E-state index contributed by atoms with van der Waals surface area (Å²) in [7, 11) is -3.13. The molecule has 1 amide bonds. The monoisotopic (exact) mass is 351 g/mol. The number of fused-ring (bicyclic) bond motifs is 1. The van der Waals surface area contributed by atoms with E-state index in [9.17, 15) is 18.0 Å². The van der Waals surface area contributed by atoms with E-state index in [4.69, 9.17) is 0 Å². The van der Waals surface area contributed by atoms with Crippen molar-refractivity contribution in [3.63, 3.8) is 0 Å². The number of hydrogen-bond acceptors (Lipinski definition) is 5. The van der Waals surface area contributed by atoms with E-state index in [1.54, 1.807) is 4.90 Å². The molecule has 1 saturated carbocycles. The minimum Gasteiger partial charge on any atom is -0.332 e. The van der Waals surface area contributed by atoms with Crippen LogP contribution in [0.25, 0.3) is 0 Å². The zero-order valence-corrected chi connectivity index (χ0v) is 14.2. The van der Waals surface area contributed by atoms with Crippen LogP contribution in [-0.4, -0.2) is 72.3 Å². The van der Waals surface area contributed by atoms with E-state index in [0.717, 1.165) is 6.54 Å². The van der Waals surface area contributed by atoms with Crippen molar-refractivity contribution >= 4 is 15.7 Å². The average Bonchev–Trinajstić information content (AvgIpc) is 3.28. The zero-order chi connectivity index (χ0) is 16.9. The zero-order valence-electron chi connectivity index (χ0n) is 13.3. The molecule has 2 atom stereocenters. The summed E-state index contributed by atoms with van der Waals surface area (Å²) in [6, 6.07) is 2.42. The number of aromatic nitrogens is 1. The van der Waals surface area contributed by atoms with Gasteiger partial charge in [-0.2, -0.15) is 0 Å². The molecule has 1 aromatic heterocycles. The number of aromatic amines is 1. The Balaban J connectivity index is 1.59. The number of pyridine rings is 1. The number of amides is 1. The summed E-state index contributed by atoms with van der Waals surface area (Å²) in [5, 5.41) is 0. The van der Waals surface area contributed by atoms with Crippen LogP contribution in [0.3, 0.4) is 0 Å². The molecule has 0 aromatic carbocycles. The third-order valence-corrected chi connectivity index (χ3v) is 6.97. The Labute approximate surface area is 140 Å². The van der Waals surface area contributed by atoms with E-state index in [0.29, 0.717) is 24.6 Å². The van der Waals surface area contributed by atoms with Crippen LogP contribution in [0.5, 0.6) is 0 Å². The van der Waals surface area contributed by atoms with Gasteiger partial charge in [0.1, 0.15) is 0 Å². The van der Waals surface area contributed by atoms with Crippen LogP contribution < -0.4 is 5.56 Å². The number of hydrogen-bond donors (Lipinski definition) is 1. The smallest absolute Gasteiger partial charge is 0.255 e. The fraction of sp³-hybridized carbons (Fsp3) is 0.625. The summed E-state index contributed by atoms with van der Waals surface area (Å²) in [6.45, 7) is 2.18. The molecule has 3 fully saturated rings. The summed E-state index contributed by atoms with van der Waals surface area (Å²) in [6.07, 6.45) is 3.85. The lowest BCUT2D eigenvalue weighted by Crippen LogP contribution is -2.60. The first-order valence-electron chi connectivity index (χ1n) is 8.37. The molecular formula is C16H21N3O4S. The Bertz CT molecular complexity index is 794. The van der Waals surface area contributed by atoms with E-state index in [-0.39, 0.29) is 35.1 Å². The van der Waals surface area contributed by atoms with Gasteiger partial charge in [-0.3, -0.25) is 14.5 Å². The van der Waals surface area contributed by atoms with Gasteiger partial charge in [-0.25, -0.2) is 8.42 Å². The van der Waals surface area contributed by atoms with Gasteiger partial charge in [0, 0.05) is 37.9 Å². The summed E-state index contributed by atoms with van der Waals surface area (Å²) < 4.78 is 24.4. The molecule has 1 aliphatic carbocycles. The Morgan fingerprint density at radius 2 is 1.92 bits per heavy atom. The minimum atomic E-state index is -3.13. The van der Waals surface area contributed by atoms with Crippen LogP contribution >= 0.6 is 0 Å². The molecule has 0 radical (unpaired) electrons. The number of carbonyl (C=O) groups excluding carboxylic acids is 1. The summed E-state index contributed by atoms with van der Waals surface area (Å²) >= 11 is 0. The van der Waals surface area contributed by atoms with Crippen LogP contribution in [0.15, 0.2) is 23.1 Å². The van der Waals surface area contributed by atoms with E-state index in [2.05, 4.69) is 9.88 Å². The number of rotatable bonds is 3. The second-order valence-corrected chi connectivity index (χ2v) is 9.24. The molecule has 4 rings (SSSR count). The van der Waals surface area contributed by atoms with Crippen molar-refractivity contribution in [1.82, 2.24) is 14.8 Å². The third kappa shape index (κ3) is 3.00. The lowest BCUT2D eigenvalue weighted by atomic mass is 10.0. The van der Waals surface area contributed by atoms with Crippen LogP contribution in [0.2, 0.25) is 0 Å². The summed E-state index contributed by atoms with van der Waals surface area (Å²) in [5.41, 5.74) is 0.135. The number of H-pyrrole nitrogens is 1. The van der Waals surface area contributed by atoms with Gasteiger partial charge in [0.25, 0.3) is 5.91 Å². The predicted molar refractivity (Wildman–Crippen MR) is 88.6 cm³/mol. The maximum atomic E-state index is 12.8. The molecular weight excluding hydrogens is 330 g/mol. The molecule has 0 unspecified atom stereocenters. The van der Waals surface area contributed by atoms with Crippen molar-refractivity contribution in [3.05, 3.63) is 34.2 Å². The van der Waals surface area contributed by atoms with Crippen molar-refractivity contribution < 1.29 is 13.2 Å². The molecule has 3 aliphatic rings. The van der Waals surface area contributed by atoms with Crippen LogP contribution in [0.4, 0.5) is 0 Å². The molecule has 8 heteroatoms. The predicted octanol–water partition coefficient (Wildman–Crippen LogP) is -0.292. The van der Waals surface area contributed by atoms with Gasteiger partial charge in [0.2, 0.25) is 5.56 Å². The lowest BCUT2D eigenvalue weighted by Gasteiger charge is -2.44. The molecule has 7 nitrogen and oxygen atoms in total. The number of carbonyl (C=O) groups is 1. The van der Waals surface area contributed by atoms with Crippen LogP contribution in [-0.2, 0) is 9.84 Å². The standard InChI is InChI=1S/C16H21N3O4S/c20-15-4-3-12(7-17-15)16(21)19-6-5-18(8-11-1-2-11)13-9-24(22,23)10-14(13)19/h3-4,7,11,13-14H,1-2,5-6,8-10H2,(H,17,20)/t13-,14+/m1/s1. The molecule has 0 spiro atoms. The van der Waals surface area contributed by atoms with Crippen molar-refractivity contribution in [3.8, 4) is 0 Å². The Morgan fingerprint density at radius 3 is 2.58 bits per heavy atom. The van der Waals surface area contributed by atoms with Crippen molar-refractivity contribution in [2.45, 2.75) is 24.9 Å². The molecule has 24 heavy (non-hydrogen) atoms. The number of sulfone groups is 1. The number of nitrogens with zero attached hydrogens (tertiary/aromatic N) is 2. The van der Waals surface area contributed by atoms with Gasteiger partial charge in [-0.05, 0) is 24.8 Å². The highest BCUT2D eigenvalue weighted by molar-refractivity contribution is 7.91. The third-order valence-electron chi connectivity index (χ3n) is 5.27. The molecule has 3 heterocycles. The van der Waals surface area contributed by atoms with Crippen molar-refractivity contribution in [2.75, 3.05) is 31.1 Å². The van der Waals surface area contributed by atoms with Gasteiger partial charge in [0.05, 0.1) is 23.1 Å². The van der Waals surface area contributed by atoms with Crippen LogP contribution in [0.1, 0.15) is 23.2 Å². The molecule has 1 aromatic rings. The summed E-state index contributed by atoms with van der Waals surface area (Å²) in [4.78, 5) is 30.4. The van der Waals surface area contributed by atoms with Gasteiger partial charge >= 0.3 is 0 Å². The highest BCUT2D eigenvalue weighted by Gasteiger charge is 2.48. The second kappa shape index (κ2) is 5.70. The van der Waals surface area contributed by atoms with Gasteiger partial charge in [0.15, 0.2) is 9.84 Å². The summed E-state index contributed by atoms with van der Waals surface area (Å²) in [5.74, 6) is 0.660. The van der Waals surface area contributed by atoms with E-state index < -0.39 is 9.84 Å². The van der Waals surface area contributed by atoms with Gasteiger partial charge in [-0.15, -0.1) is 0 Å². The molecule has 130 valence electrons. The fourth-order valence-electron chi connectivity index (χ4n) is 3.85. The second-order valence-electron chi connectivity index (χ2n) is 7.09. The maximum Gasteiger partial charge on any atom is 0.255 e. The Kier molecular flexibility index (Phi) is 3.76. The maximum absolute atomic E-state index is 12.8. The first kappa shape index (κ1) is 15.8. The SMILES string of the molecule is O=C(c1ccc(=O)[nH]c1)N1CCN(CC2CC2)[C@@H]2CS(=O)(=O)C[C@@H]21. The lowest BCUT2D eigenvalue weighted by molar-refractivity contribution is 0.0318. The first-order valence-corrected chi connectivity index (χ1v) is 10.2. The van der Waals surface area contributed by atoms with Crippen LogP contribution in [0, 0.1) is 5.92 Å². The normalized spacial score (nSPS) is 29.4. The quantitative estimate of drug-likeness (QED) is 0.808. The Hall–Kier alpha value is -1.67. The minimum absolute atomic E-state index is 0.0356. The van der Waals surface area contributed by atoms with Crippen molar-refractivity contribution in [2.24, 2.45) is 5.92 Å². The highest BCUT2D eigenvalue weighted by atomic mass is 32.2. The largest absolute Gasteiger partial charge is 0.332 e. The number of piperazine rings is 1. The molecule has 2 aliphatic heterocycles. The topological polar surface area (TPSA) is 90.6 Å². The molecule has 0 bridgehead atoms. The molecule has 2 saturated heterocycles. The Morgan fingerprint density at radius 1 is 1.17 bits per heavy atom. The van der Waals surface area contributed by atoms with E-state index in [1.807, 2.05) is 0 Å². The fourth-order valence-corrected chi connectivity index (χ4v) is 5.86. The first-order chi connectivity index (χ1) is 11.4. The van der Waals surface area contributed by atoms with E-state index in [1.165, 1.54) is 31.2 Å². The average molecular weight is 351 g/mol. The molecule has 1 N–H and O–H groups in total. The van der Waals surface area contributed by atoms with E-state index >= 15 is 0 Å². The highest BCUT2D eigenvalue weighted by Crippen LogP contribution is 2.34.